The molecule has 1 N–H and O–H groups in total. The Morgan fingerprint density at radius 3 is 2.20 bits per heavy atom. The molecule has 0 saturated heterocycles. The number of hydrogen-bond acceptors (Lipinski definition) is 4. The van der Waals surface area contributed by atoms with Crippen molar-refractivity contribution in [2.75, 3.05) is 13.2 Å². The van der Waals surface area contributed by atoms with E-state index in [1.807, 2.05) is 30.3 Å². The van der Waals surface area contributed by atoms with Crippen LogP contribution in [0, 0.1) is 0 Å². The molecule has 30 heavy (non-hydrogen) atoms. The van der Waals surface area contributed by atoms with E-state index in [1.54, 1.807) is 48.5 Å². The minimum absolute atomic E-state index is 0.116. The molecule has 1 aliphatic rings. The molecule has 3 aromatic rings. The largest absolute Gasteiger partial charge is 0.492 e. The van der Waals surface area contributed by atoms with Gasteiger partial charge in [-0.05, 0) is 42.0 Å². The zero-order valence-electron chi connectivity index (χ0n) is 16.2. The van der Waals surface area contributed by atoms with Crippen LogP contribution in [0.5, 0.6) is 5.75 Å². The van der Waals surface area contributed by atoms with Crippen LogP contribution >= 0.6 is 0 Å². The summed E-state index contributed by atoms with van der Waals surface area (Å²) in [6, 6.07) is 23.1. The van der Waals surface area contributed by atoms with E-state index in [0.29, 0.717) is 35.4 Å². The molecule has 0 atom stereocenters. The maximum absolute atomic E-state index is 12.5. The third-order valence-corrected chi connectivity index (χ3v) is 4.81. The number of carbonyl (C=O) groups is 3. The SMILES string of the molecule is O=C(NCCOc1ccccc1)c1cccc(CN2C(=O)c3ccccc3C2=O)c1. The van der Waals surface area contributed by atoms with Gasteiger partial charge in [-0.25, -0.2) is 0 Å². The first-order valence-electron chi connectivity index (χ1n) is 9.64. The van der Waals surface area contributed by atoms with Gasteiger partial charge in [-0.1, -0.05) is 42.5 Å². The van der Waals surface area contributed by atoms with Crippen molar-refractivity contribution < 1.29 is 19.1 Å². The fourth-order valence-corrected chi connectivity index (χ4v) is 3.33. The predicted molar refractivity (Wildman–Crippen MR) is 111 cm³/mol. The number of imide groups is 1. The quantitative estimate of drug-likeness (QED) is 0.488. The van der Waals surface area contributed by atoms with Crippen LogP contribution in [-0.4, -0.2) is 35.8 Å². The van der Waals surface area contributed by atoms with Crippen LogP contribution in [0.2, 0.25) is 0 Å². The van der Waals surface area contributed by atoms with Gasteiger partial charge >= 0.3 is 0 Å². The Morgan fingerprint density at radius 1 is 0.833 bits per heavy atom. The maximum Gasteiger partial charge on any atom is 0.261 e. The summed E-state index contributed by atoms with van der Waals surface area (Å²) in [7, 11) is 0. The highest BCUT2D eigenvalue weighted by Gasteiger charge is 2.34. The Morgan fingerprint density at radius 2 is 1.50 bits per heavy atom. The van der Waals surface area contributed by atoms with E-state index in [2.05, 4.69) is 5.32 Å². The molecule has 6 nitrogen and oxygen atoms in total. The second-order valence-electron chi connectivity index (χ2n) is 6.86. The van der Waals surface area contributed by atoms with Gasteiger partial charge in [0.05, 0.1) is 24.2 Å². The molecule has 0 bridgehead atoms. The Kier molecular flexibility index (Phi) is 5.57. The minimum Gasteiger partial charge on any atom is -0.492 e. The smallest absolute Gasteiger partial charge is 0.261 e. The van der Waals surface area contributed by atoms with Crippen molar-refractivity contribution >= 4 is 17.7 Å². The van der Waals surface area contributed by atoms with E-state index >= 15 is 0 Å². The Balaban J connectivity index is 1.35. The molecule has 150 valence electrons. The van der Waals surface area contributed by atoms with Crippen molar-refractivity contribution in [2.45, 2.75) is 6.54 Å². The molecule has 1 heterocycles. The molecule has 1 aliphatic heterocycles. The lowest BCUT2D eigenvalue weighted by Gasteiger charge is -2.14. The van der Waals surface area contributed by atoms with Crippen molar-refractivity contribution in [3.63, 3.8) is 0 Å². The van der Waals surface area contributed by atoms with E-state index in [9.17, 15) is 14.4 Å². The van der Waals surface area contributed by atoms with Crippen LogP contribution in [0.3, 0.4) is 0 Å². The monoisotopic (exact) mass is 400 g/mol. The number of hydrogen-bond donors (Lipinski definition) is 1. The summed E-state index contributed by atoms with van der Waals surface area (Å²) in [5, 5.41) is 2.81. The molecule has 6 heteroatoms. The third-order valence-electron chi connectivity index (χ3n) is 4.81. The van der Waals surface area contributed by atoms with Crippen LogP contribution < -0.4 is 10.1 Å². The molecular formula is C24H20N2O4. The molecule has 0 radical (unpaired) electrons. The fourth-order valence-electron chi connectivity index (χ4n) is 3.33. The molecule has 3 amide bonds. The number of para-hydroxylation sites is 1. The van der Waals surface area contributed by atoms with Crippen molar-refractivity contribution in [1.29, 1.82) is 0 Å². The fraction of sp³-hybridized carbons (Fsp3) is 0.125. The van der Waals surface area contributed by atoms with Gasteiger partial charge in [0.25, 0.3) is 17.7 Å². The summed E-state index contributed by atoms with van der Waals surface area (Å²) in [5.41, 5.74) is 1.99. The highest BCUT2D eigenvalue weighted by molar-refractivity contribution is 6.21. The van der Waals surface area contributed by atoms with Gasteiger partial charge in [0.1, 0.15) is 12.4 Å². The molecular weight excluding hydrogens is 380 g/mol. The van der Waals surface area contributed by atoms with Gasteiger partial charge < -0.3 is 10.1 Å². The van der Waals surface area contributed by atoms with Crippen molar-refractivity contribution in [3.8, 4) is 5.75 Å². The highest BCUT2D eigenvalue weighted by Crippen LogP contribution is 2.24. The van der Waals surface area contributed by atoms with E-state index in [1.165, 1.54) is 4.90 Å². The molecule has 0 aromatic heterocycles. The minimum atomic E-state index is -0.316. The second-order valence-corrected chi connectivity index (χ2v) is 6.86. The number of rotatable bonds is 7. The zero-order valence-corrected chi connectivity index (χ0v) is 16.2. The van der Waals surface area contributed by atoms with E-state index in [-0.39, 0.29) is 24.3 Å². The lowest BCUT2D eigenvalue weighted by atomic mass is 10.1. The van der Waals surface area contributed by atoms with Gasteiger partial charge in [-0.2, -0.15) is 0 Å². The molecule has 0 aliphatic carbocycles. The number of fused-ring (bicyclic) bond motifs is 1. The number of amides is 3. The van der Waals surface area contributed by atoms with Crippen molar-refractivity contribution in [2.24, 2.45) is 0 Å². The van der Waals surface area contributed by atoms with E-state index in [4.69, 9.17) is 4.74 Å². The summed E-state index contributed by atoms with van der Waals surface area (Å²) in [4.78, 5) is 38.7. The zero-order chi connectivity index (χ0) is 20.9. The molecule has 3 aromatic carbocycles. The van der Waals surface area contributed by atoms with Crippen LogP contribution in [0.4, 0.5) is 0 Å². The van der Waals surface area contributed by atoms with Gasteiger partial charge in [0.15, 0.2) is 0 Å². The van der Waals surface area contributed by atoms with Gasteiger partial charge in [0.2, 0.25) is 0 Å². The predicted octanol–water partition coefficient (Wildman–Crippen LogP) is 3.29. The molecule has 0 unspecified atom stereocenters. The van der Waals surface area contributed by atoms with Crippen LogP contribution in [0.25, 0.3) is 0 Å². The second kappa shape index (κ2) is 8.61. The Hall–Kier alpha value is -3.93. The number of nitrogens with one attached hydrogen (secondary N) is 1. The van der Waals surface area contributed by atoms with E-state index < -0.39 is 0 Å². The van der Waals surface area contributed by atoms with Crippen LogP contribution in [-0.2, 0) is 6.54 Å². The Labute approximate surface area is 174 Å². The number of nitrogens with zero attached hydrogens (tertiary/aromatic N) is 1. The summed E-state index contributed by atoms with van der Waals surface area (Å²) >= 11 is 0. The topological polar surface area (TPSA) is 75.7 Å². The average molecular weight is 400 g/mol. The van der Waals surface area contributed by atoms with Crippen molar-refractivity contribution in [1.82, 2.24) is 10.2 Å². The Bertz CT molecular complexity index is 1060. The van der Waals surface area contributed by atoms with Gasteiger partial charge in [-0.15, -0.1) is 0 Å². The first kappa shape index (κ1) is 19.4. The normalized spacial score (nSPS) is 12.6. The van der Waals surface area contributed by atoms with Gasteiger partial charge in [0, 0.05) is 5.56 Å². The lowest BCUT2D eigenvalue weighted by molar-refractivity contribution is 0.0642. The molecule has 4 rings (SSSR count). The average Bonchev–Trinajstić information content (AvgIpc) is 3.02. The first-order chi connectivity index (χ1) is 14.6. The summed E-state index contributed by atoms with van der Waals surface area (Å²) in [6.07, 6.45) is 0. The molecule has 0 spiro atoms. The first-order valence-corrected chi connectivity index (χ1v) is 9.64. The van der Waals surface area contributed by atoms with Gasteiger partial charge in [-0.3, -0.25) is 19.3 Å². The molecule has 0 fully saturated rings. The standard InChI is InChI=1S/C24H20N2O4/c27-22(25-13-14-30-19-9-2-1-3-10-19)18-8-6-7-17(15-18)16-26-23(28)20-11-4-5-12-21(20)24(26)29/h1-12,15H,13-14,16H2,(H,25,27). The summed E-state index contributed by atoms with van der Waals surface area (Å²) in [6.45, 7) is 0.825. The third kappa shape index (κ3) is 4.07. The van der Waals surface area contributed by atoms with E-state index in [0.717, 1.165) is 5.75 Å². The van der Waals surface area contributed by atoms with Crippen molar-refractivity contribution in [3.05, 3.63) is 101 Å². The summed E-state index contributed by atoms with van der Waals surface area (Å²) in [5.74, 6) is -0.127. The molecule has 0 saturated carbocycles. The lowest BCUT2D eigenvalue weighted by Crippen LogP contribution is -2.30. The highest BCUT2D eigenvalue weighted by atomic mass is 16.5. The van der Waals surface area contributed by atoms with Crippen LogP contribution in [0.15, 0.2) is 78.9 Å². The summed E-state index contributed by atoms with van der Waals surface area (Å²) < 4.78 is 5.56. The van der Waals surface area contributed by atoms with Crippen LogP contribution in [0.1, 0.15) is 36.6 Å². The number of carbonyl (C=O) groups excluding carboxylic acids is 3. The number of ether oxygens (including phenoxy) is 1. The maximum atomic E-state index is 12.5. The number of benzene rings is 3.